The van der Waals surface area contributed by atoms with Gasteiger partial charge in [-0.25, -0.2) is 0 Å². The first-order valence-corrected chi connectivity index (χ1v) is 9.48. The van der Waals surface area contributed by atoms with Gasteiger partial charge in [0.05, 0.1) is 15.7 Å². The summed E-state index contributed by atoms with van der Waals surface area (Å²) in [6, 6.07) is 11.5. The molecule has 1 aliphatic rings. The van der Waals surface area contributed by atoms with Gasteiger partial charge in [0.2, 0.25) is 5.13 Å². The van der Waals surface area contributed by atoms with Crippen molar-refractivity contribution >= 4 is 45.4 Å². The van der Waals surface area contributed by atoms with Crippen LogP contribution >= 0.6 is 34.5 Å². The van der Waals surface area contributed by atoms with Crippen LogP contribution in [-0.4, -0.2) is 41.4 Å². The molecule has 0 radical (unpaired) electrons. The molecular formula is C17H15Cl2N5S. The third-order valence-electron chi connectivity index (χ3n) is 4.12. The van der Waals surface area contributed by atoms with Crippen molar-refractivity contribution in [1.29, 1.82) is 0 Å². The molecule has 8 heteroatoms. The minimum Gasteiger partial charge on any atom is -0.367 e. The lowest BCUT2D eigenvalue weighted by atomic mass is 10.2. The van der Waals surface area contributed by atoms with Gasteiger partial charge < -0.3 is 9.80 Å². The second kappa shape index (κ2) is 7.15. The van der Waals surface area contributed by atoms with Crippen LogP contribution in [0, 0.1) is 0 Å². The van der Waals surface area contributed by atoms with Gasteiger partial charge in [-0.2, -0.15) is 0 Å². The Bertz CT molecular complexity index is 862. The average molecular weight is 392 g/mol. The quantitative estimate of drug-likeness (QED) is 0.668. The number of hydrogen-bond donors (Lipinski definition) is 0. The number of halogens is 2. The molecule has 5 nitrogen and oxygen atoms in total. The maximum Gasteiger partial charge on any atom is 0.208 e. The molecule has 128 valence electrons. The highest BCUT2D eigenvalue weighted by Crippen LogP contribution is 2.34. The molecule has 0 spiro atoms. The summed E-state index contributed by atoms with van der Waals surface area (Å²) in [6.07, 6.45) is 1.77. The molecule has 0 saturated carbocycles. The van der Waals surface area contributed by atoms with Gasteiger partial charge in [-0.05, 0) is 24.3 Å². The van der Waals surface area contributed by atoms with Crippen LogP contribution in [0.5, 0.6) is 0 Å². The second-order valence-corrected chi connectivity index (χ2v) is 7.39. The smallest absolute Gasteiger partial charge is 0.208 e. The zero-order valence-electron chi connectivity index (χ0n) is 13.3. The summed E-state index contributed by atoms with van der Waals surface area (Å²) in [5.74, 6) is 0. The van der Waals surface area contributed by atoms with E-state index >= 15 is 0 Å². The normalized spacial score (nSPS) is 14.8. The molecular weight excluding hydrogens is 377 g/mol. The van der Waals surface area contributed by atoms with E-state index < -0.39 is 0 Å². The number of nitrogens with zero attached hydrogens (tertiary/aromatic N) is 5. The first-order valence-electron chi connectivity index (χ1n) is 7.91. The number of aromatic nitrogens is 3. The van der Waals surface area contributed by atoms with Gasteiger partial charge in [-0.1, -0.05) is 46.7 Å². The van der Waals surface area contributed by atoms with Gasteiger partial charge in [0.15, 0.2) is 5.01 Å². The Labute approximate surface area is 159 Å². The Kier molecular flexibility index (Phi) is 4.74. The van der Waals surface area contributed by atoms with Gasteiger partial charge in [0.1, 0.15) is 5.69 Å². The molecule has 4 rings (SSSR count). The molecule has 0 atom stereocenters. The molecule has 1 saturated heterocycles. The molecule has 0 N–H and O–H groups in total. The van der Waals surface area contributed by atoms with Crippen LogP contribution in [0.4, 0.5) is 10.8 Å². The fourth-order valence-electron chi connectivity index (χ4n) is 2.81. The lowest BCUT2D eigenvalue weighted by Crippen LogP contribution is -2.46. The van der Waals surface area contributed by atoms with E-state index in [1.165, 1.54) is 0 Å². The molecule has 3 heterocycles. The van der Waals surface area contributed by atoms with Gasteiger partial charge in [0.25, 0.3) is 0 Å². The highest BCUT2D eigenvalue weighted by molar-refractivity contribution is 7.18. The predicted octanol–water partition coefficient (Wildman–Crippen LogP) is 4.23. The van der Waals surface area contributed by atoms with Crippen molar-refractivity contribution in [2.75, 3.05) is 36.0 Å². The number of rotatable bonds is 3. The van der Waals surface area contributed by atoms with E-state index in [0.717, 1.165) is 47.7 Å². The number of piperazine rings is 1. The number of benzene rings is 1. The Hall–Kier alpha value is -1.89. The maximum absolute atomic E-state index is 6.34. The Morgan fingerprint density at radius 3 is 2.44 bits per heavy atom. The minimum absolute atomic E-state index is 0.589. The van der Waals surface area contributed by atoms with Crippen LogP contribution in [0.15, 0.2) is 42.6 Å². The molecule has 1 fully saturated rings. The Balaban J connectivity index is 1.46. The van der Waals surface area contributed by atoms with Crippen LogP contribution in [0.3, 0.4) is 0 Å². The van der Waals surface area contributed by atoms with Gasteiger partial charge >= 0.3 is 0 Å². The Morgan fingerprint density at radius 1 is 0.880 bits per heavy atom. The zero-order chi connectivity index (χ0) is 17.2. The molecule has 0 bridgehead atoms. The lowest BCUT2D eigenvalue weighted by molar-refractivity contribution is 0.650. The molecule has 0 aliphatic carbocycles. The molecule has 1 aliphatic heterocycles. The van der Waals surface area contributed by atoms with Crippen LogP contribution in [0.2, 0.25) is 10.0 Å². The summed E-state index contributed by atoms with van der Waals surface area (Å²) in [4.78, 5) is 8.84. The average Bonchev–Trinajstić information content (AvgIpc) is 3.15. The van der Waals surface area contributed by atoms with Crippen LogP contribution < -0.4 is 9.80 Å². The van der Waals surface area contributed by atoms with Gasteiger partial charge in [0, 0.05) is 32.4 Å². The van der Waals surface area contributed by atoms with Crippen LogP contribution in [0.25, 0.3) is 10.7 Å². The van der Waals surface area contributed by atoms with E-state index in [1.807, 2.05) is 36.4 Å². The molecule has 3 aromatic rings. The Morgan fingerprint density at radius 2 is 1.68 bits per heavy atom. The van der Waals surface area contributed by atoms with E-state index in [4.69, 9.17) is 23.2 Å². The van der Waals surface area contributed by atoms with Crippen LogP contribution in [-0.2, 0) is 0 Å². The van der Waals surface area contributed by atoms with Gasteiger partial charge in [-0.3, -0.25) is 4.98 Å². The molecule has 0 unspecified atom stereocenters. The highest BCUT2D eigenvalue weighted by atomic mass is 35.5. The molecule has 0 amide bonds. The number of pyridine rings is 1. The van der Waals surface area contributed by atoms with Crippen molar-refractivity contribution in [2.24, 2.45) is 0 Å². The first-order chi connectivity index (χ1) is 12.2. The fraction of sp³-hybridized carbons (Fsp3) is 0.235. The summed E-state index contributed by atoms with van der Waals surface area (Å²) >= 11 is 14.0. The third-order valence-corrected chi connectivity index (χ3v) is 5.94. The topological polar surface area (TPSA) is 45.2 Å². The summed E-state index contributed by atoms with van der Waals surface area (Å²) < 4.78 is 0. The van der Waals surface area contributed by atoms with Crippen molar-refractivity contribution in [1.82, 2.24) is 15.2 Å². The summed E-state index contributed by atoms with van der Waals surface area (Å²) in [7, 11) is 0. The van der Waals surface area contributed by atoms with Crippen molar-refractivity contribution < 1.29 is 0 Å². The monoisotopic (exact) mass is 391 g/mol. The maximum atomic E-state index is 6.34. The van der Waals surface area contributed by atoms with E-state index in [2.05, 4.69) is 25.0 Å². The third kappa shape index (κ3) is 3.42. The largest absolute Gasteiger partial charge is 0.367 e. The summed E-state index contributed by atoms with van der Waals surface area (Å²) in [6.45, 7) is 3.44. The van der Waals surface area contributed by atoms with Crippen molar-refractivity contribution in [3.63, 3.8) is 0 Å². The van der Waals surface area contributed by atoms with E-state index in [1.54, 1.807) is 17.5 Å². The second-order valence-electron chi connectivity index (χ2n) is 5.65. The van der Waals surface area contributed by atoms with Crippen molar-refractivity contribution in [3.8, 4) is 10.7 Å². The van der Waals surface area contributed by atoms with E-state index in [0.29, 0.717) is 10.0 Å². The van der Waals surface area contributed by atoms with E-state index in [-0.39, 0.29) is 0 Å². The van der Waals surface area contributed by atoms with Crippen molar-refractivity contribution in [2.45, 2.75) is 0 Å². The molecule has 1 aromatic carbocycles. The summed E-state index contributed by atoms with van der Waals surface area (Å²) in [5, 5.41) is 11.6. The highest BCUT2D eigenvalue weighted by Gasteiger charge is 2.22. The zero-order valence-corrected chi connectivity index (χ0v) is 15.6. The predicted molar refractivity (Wildman–Crippen MR) is 104 cm³/mol. The summed E-state index contributed by atoms with van der Waals surface area (Å²) in [5.41, 5.74) is 1.84. The molecule has 25 heavy (non-hydrogen) atoms. The SMILES string of the molecule is Clc1cccc(N2CCN(c3nnc(-c4ccccn4)s3)CC2)c1Cl. The standard InChI is InChI=1S/C17H15Cl2N5S/c18-12-4-3-6-14(15(12)19)23-8-10-24(11-9-23)17-22-21-16(25-17)13-5-1-2-7-20-13/h1-7H,8-11H2. The van der Waals surface area contributed by atoms with Crippen LogP contribution in [0.1, 0.15) is 0 Å². The number of anilines is 2. The number of hydrogen-bond acceptors (Lipinski definition) is 6. The minimum atomic E-state index is 0.589. The lowest BCUT2D eigenvalue weighted by Gasteiger charge is -2.36. The van der Waals surface area contributed by atoms with E-state index in [9.17, 15) is 0 Å². The van der Waals surface area contributed by atoms with Gasteiger partial charge in [-0.15, -0.1) is 10.2 Å². The fourth-order valence-corrected chi connectivity index (χ4v) is 4.10. The first kappa shape index (κ1) is 16.6. The molecule has 2 aromatic heterocycles. The van der Waals surface area contributed by atoms with Crippen molar-refractivity contribution in [3.05, 3.63) is 52.6 Å².